The van der Waals surface area contributed by atoms with E-state index in [0.29, 0.717) is 31.4 Å². The van der Waals surface area contributed by atoms with Gasteiger partial charge in [-0.05, 0) is 43.9 Å². The van der Waals surface area contributed by atoms with Crippen LogP contribution in [-0.2, 0) is 31.5 Å². The van der Waals surface area contributed by atoms with Crippen molar-refractivity contribution in [1.82, 2.24) is 19.2 Å². The number of rotatable bonds is 6. The molecule has 1 atom stereocenters. The molecular weight excluding hydrogens is 490 g/mol. The van der Waals surface area contributed by atoms with E-state index in [-0.39, 0.29) is 54.7 Å². The van der Waals surface area contributed by atoms with Gasteiger partial charge in [0.25, 0.3) is 5.91 Å². The van der Waals surface area contributed by atoms with E-state index in [1.807, 2.05) is 20.8 Å². The molecule has 1 saturated heterocycles. The molecule has 1 saturated carbocycles. The predicted octanol–water partition coefficient (Wildman–Crippen LogP) is 3.68. The molecule has 1 aromatic heterocycles. The fourth-order valence-electron chi connectivity index (χ4n) is 5.01. The van der Waals surface area contributed by atoms with Gasteiger partial charge in [0.1, 0.15) is 11.9 Å². The average Bonchev–Trinajstić information content (AvgIpc) is 3.19. The Hall–Kier alpha value is -2.11. The number of amides is 1. The summed E-state index contributed by atoms with van der Waals surface area (Å²) in [6.07, 6.45) is -0.159. The van der Waals surface area contributed by atoms with Crippen LogP contribution in [0.4, 0.5) is 8.78 Å². The number of nitrogens with one attached hydrogen (secondary N) is 1. The van der Waals surface area contributed by atoms with Gasteiger partial charge in [-0.3, -0.25) is 4.79 Å². The number of halogens is 2. The van der Waals surface area contributed by atoms with Crippen molar-refractivity contribution >= 4 is 27.0 Å². The monoisotopic (exact) mass is 526 g/mol. The summed E-state index contributed by atoms with van der Waals surface area (Å²) >= 11 is 0. The quantitative estimate of drug-likeness (QED) is 0.620. The Labute approximate surface area is 211 Å². The largest absolute Gasteiger partial charge is 0.366 e. The van der Waals surface area contributed by atoms with Gasteiger partial charge in [0.15, 0.2) is 0 Å². The standard InChI is InChI=1S/C25H36F2N4O4S/c1-5-28-22(32)21-16-30(12-13-35-21)36(33,34)18-6-7-20-19(14-18)29-23(24(2,3)4)31(20)15-17-8-10-25(26,27)11-9-17/h6-7,14,17,21H,5,8-13,15-16H2,1-4H3,(H,28,32). The van der Waals surface area contributed by atoms with Crippen LogP contribution >= 0.6 is 0 Å². The van der Waals surface area contributed by atoms with Crippen LogP contribution < -0.4 is 5.32 Å². The van der Waals surface area contributed by atoms with Crippen molar-refractivity contribution in [1.29, 1.82) is 0 Å². The number of hydrogen-bond donors (Lipinski definition) is 1. The summed E-state index contributed by atoms with van der Waals surface area (Å²) < 4.78 is 63.1. The summed E-state index contributed by atoms with van der Waals surface area (Å²) in [6, 6.07) is 4.89. The Morgan fingerprint density at radius 3 is 2.58 bits per heavy atom. The first-order chi connectivity index (χ1) is 16.8. The van der Waals surface area contributed by atoms with Gasteiger partial charge in [-0.25, -0.2) is 22.2 Å². The molecule has 2 heterocycles. The topological polar surface area (TPSA) is 93.5 Å². The number of benzene rings is 1. The highest BCUT2D eigenvalue weighted by Gasteiger charge is 2.37. The number of carbonyl (C=O) groups excluding carboxylic acids is 1. The van der Waals surface area contributed by atoms with Gasteiger partial charge >= 0.3 is 0 Å². The molecule has 1 N–H and O–H groups in total. The van der Waals surface area contributed by atoms with Crippen LogP contribution in [0.25, 0.3) is 11.0 Å². The number of imidazole rings is 1. The predicted molar refractivity (Wildman–Crippen MR) is 133 cm³/mol. The Balaban J connectivity index is 1.63. The molecule has 4 rings (SSSR count). The highest BCUT2D eigenvalue weighted by atomic mass is 32.2. The van der Waals surface area contributed by atoms with E-state index in [1.165, 1.54) is 4.31 Å². The molecule has 0 spiro atoms. The molecule has 8 nitrogen and oxygen atoms in total. The van der Waals surface area contributed by atoms with Crippen LogP contribution in [0.3, 0.4) is 0 Å². The zero-order valence-electron chi connectivity index (χ0n) is 21.4. The molecule has 36 heavy (non-hydrogen) atoms. The third-order valence-corrected chi connectivity index (χ3v) is 8.84. The second-order valence-corrected chi connectivity index (χ2v) is 12.8. The van der Waals surface area contributed by atoms with Crippen LogP contribution in [0.5, 0.6) is 0 Å². The maximum Gasteiger partial charge on any atom is 0.250 e. The van der Waals surface area contributed by atoms with Gasteiger partial charge in [-0.15, -0.1) is 0 Å². The maximum absolute atomic E-state index is 13.7. The number of ether oxygens (including phenoxy) is 1. The zero-order chi connectivity index (χ0) is 26.3. The van der Waals surface area contributed by atoms with Crippen LogP contribution in [0, 0.1) is 5.92 Å². The normalized spacial score (nSPS) is 22.1. The first-order valence-electron chi connectivity index (χ1n) is 12.6. The SMILES string of the molecule is CCNC(=O)C1CN(S(=O)(=O)c2ccc3c(c2)nc(C(C)(C)C)n3CC2CCC(F)(F)CC2)CCO1. The minimum Gasteiger partial charge on any atom is -0.366 e. The minimum absolute atomic E-state index is 0.0554. The molecule has 1 aliphatic heterocycles. The van der Waals surface area contributed by atoms with E-state index in [4.69, 9.17) is 9.72 Å². The molecule has 200 valence electrons. The van der Waals surface area contributed by atoms with E-state index in [0.717, 1.165) is 11.3 Å². The number of carbonyl (C=O) groups is 1. The summed E-state index contributed by atoms with van der Waals surface area (Å²) in [4.78, 5) is 17.1. The minimum atomic E-state index is -3.87. The van der Waals surface area contributed by atoms with E-state index >= 15 is 0 Å². The molecular formula is C25H36F2N4O4S. The molecule has 1 aliphatic carbocycles. The molecule has 2 aromatic rings. The van der Waals surface area contributed by atoms with Crippen LogP contribution in [0.1, 0.15) is 59.2 Å². The third-order valence-electron chi connectivity index (χ3n) is 6.98. The first kappa shape index (κ1) is 26.9. The van der Waals surface area contributed by atoms with E-state index in [9.17, 15) is 22.0 Å². The summed E-state index contributed by atoms with van der Waals surface area (Å²) in [7, 11) is -3.87. The number of nitrogens with zero attached hydrogens (tertiary/aromatic N) is 3. The molecule has 1 aromatic carbocycles. The van der Waals surface area contributed by atoms with Crippen molar-refractivity contribution in [2.45, 2.75) is 82.3 Å². The Bertz CT molecular complexity index is 1210. The van der Waals surface area contributed by atoms with Crippen molar-refractivity contribution in [3.8, 4) is 0 Å². The number of morpholine rings is 1. The van der Waals surface area contributed by atoms with Crippen molar-refractivity contribution in [3.05, 3.63) is 24.0 Å². The summed E-state index contributed by atoms with van der Waals surface area (Å²) in [5, 5.41) is 2.67. The van der Waals surface area contributed by atoms with Gasteiger partial charge in [0.2, 0.25) is 15.9 Å². The second kappa shape index (κ2) is 9.98. The van der Waals surface area contributed by atoms with Gasteiger partial charge in [0, 0.05) is 44.4 Å². The van der Waals surface area contributed by atoms with Crippen molar-refractivity contribution in [2.75, 3.05) is 26.2 Å². The highest BCUT2D eigenvalue weighted by Crippen LogP contribution is 2.38. The molecule has 11 heteroatoms. The lowest BCUT2D eigenvalue weighted by Gasteiger charge is -2.31. The summed E-state index contributed by atoms with van der Waals surface area (Å²) in [5.41, 5.74) is 1.02. The number of likely N-dealkylation sites (N-methyl/N-ethyl adjacent to an activating group) is 1. The number of alkyl halides is 2. The fourth-order valence-corrected chi connectivity index (χ4v) is 6.45. The molecule has 2 fully saturated rings. The second-order valence-electron chi connectivity index (χ2n) is 10.9. The van der Waals surface area contributed by atoms with Crippen molar-refractivity contribution < 1.29 is 26.7 Å². The summed E-state index contributed by atoms with van der Waals surface area (Å²) in [6.45, 7) is 9.13. The molecule has 0 radical (unpaired) electrons. The Morgan fingerprint density at radius 2 is 1.94 bits per heavy atom. The lowest BCUT2D eigenvalue weighted by atomic mass is 9.86. The Kier molecular flexibility index (Phi) is 7.47. The average molecular weight is 527 g/mol. The molecule has 2 aliphatic rings. The molecule has 1 amide bonds. The number of aromatic nitrogens is 2. The smallest absolute Gasteiger partial charge is 0.250 e. The lowest BCUT2D eigenvalue weighted by Crippen LogP contribution is -2.51. The molecule has 1 unspecified atom stereocenters. The van der Waals surface area contributed by atoms with E-state index < -0.39 is 22.0 Å². The number of fused-ring (bicyclic) bond motifs is 1. The first-order valence-corrected chi connectivity index (χ1v) is 14.0. The van der Waals surface area contributed by atoms with Crippen molar-refractivity contribution in [2.24, 2.45) is 5.92 Å². The van der Waals surface area contributed by atoms with Gasteiger partial charge in [0.05, 0.1) is 22.5 Å². The van der Waals surface area contributed by atoms with E-state index in [2.05, 4.69) is 9.88 Å². The van der Waals surface area contributed by atoms with Crippen LogP contribution in [0.2, 0.25) is 0 Å². The number of hydrogen-bond acceptors (Lipinski definition) is 5. The fraction of sp³-hybridized carbons (Fsp3) is 0.680. The highest BCUT2D eigenvalue weighted by molar-refractivity contribution is 7.89. The van der Waals surface area contributed by atoms with Crippen molar-refractivity contribution in [3.63, 3.8) is 0 Å². The van der Waals surface area contributed by atoms with Gasteiger partial charge < -0.3 is 14.6 Å². The Morgan fingerprint density at radius 1 is 1.25 bits per heavy atom. The zero-order valence-corrected chi connectivity index (χ0v) is 22.2. The summed E-state index contributed by atoms with van der Waals surface area (Å²) in [5.74, 6) is -2.00. The lowest BCUT2D eigenvalue weighted by molar-refractivity contribution is -0.136. The maximum atomic E-state index is 13.7. The van der Waals surface area contributed by atoms with Gasteiger partial charge in [-0.1, -0.05) is 20.8 Å². The van der Waals surface area contributed by atoms with Crippen LogP contribution in [-0.4, -0.2) is 66.4 Å². The van der Waals surface area contributed by atoms with E-state index in [1.54, 1.807) is 25.1 Å². The van der Waals surface area contributed by atoms with Crippen LogP contribution in [0.15, 0.2) is 23.1 Å². The van der Waals surface area contributed by atoms with Gasteiger partial charge in [-0.2, -0.15) is 4.31 Å². The molecule has 0 bridgehead atoms. The third kappa shape index (κ3) is 5.57. The number of sulfonamides is 1.